The van der Waals surface area contributed by atoms with E-state index in [1.807, 2.05) is 24.3 Å². The van der Waals surface area contributed by atoms with Crippen molar-refractivity contribution in [3.8, 4) is 5.75 Å². The third-order valence-corrected chi connectivity index (χ3v) is 3.93. The number of rotatable bonds is 11. The Balaban J connectivity index is 0. The summed E-state index contributed by atoms with van der Waals surface area (Å²) < 4.78 is 4.97. The number of amides is 1. The molecule has 0 saturated heterocycles. The standard InChI is InChI=1S/C8H16N2O2.C8H10O.C6H15N/c9-7-10-8(12)5-3-1-2-4-6-11;1-7-3-5-8(9-2)6-4-7;1-4-6-7(3)5-2/h6H,1-5,7,9H2,(H,10,12);3-6H,1-2H3;4-6H2,1-3H3. The van der Waals surface area contributed by atoms with Gasteiger partial charge in [-0.3, -0.25) is 4.79 Å². The maximum absolute atomic E-state index is 10.8. The monoisotopic (exact) mass is 395 g/mol. The summed E-state index contributed by atoms with van der Waals surface area (Å²) in [5, 5.41) is 2.51. The quantitative estimate of drug-likeness (QED) is 0.340. The Hall–Kier alpha value is -1.92. The largest absolute Gasteiger partial charge is 0.497 e. The Labute approximate surface area is 171 Å². The van der Waals surface area contributed by atoms with Gasteiger partial charge >= 0.3 is 0 Å². The zero-order valence-electron chi connectivity index (χ0n) is 18.5. The molecule has 0 aliphatic carbocycles. The first-order chi connectivity index (χ1) is 13.4. The summed E-state index contributed by atoms with van der Waals surface area (Å²) in [7, 11) is 3.81. The van der Waals surface area contributed by atoms with Crippen LogP contribution in [0.25, 0.3) is 0 Å². The van der Waals surface area contributed by atoms with E-state index in [2.05, 4.69) is 38.0 Å². The molecular formula is C22H41N3O3. The van der Waals surface area contributed by atoms with Crippen molar-refractivity contribution in [3.05, 3.63) is 29.8 Å². The summed E-state index contributed by atoms with van der Waals surface area (Å²) in [6.45, 7) is 9.04. The average molecular weight is 396 g/mol. The highest BCUT2D eigenvalue weighted by Crippen LogP contribution is 2.09. The molecule has 0 bridgehead atoms. The van der Waals surface area contributed by atoms with Crippen LogP contribution in [0.1, 0.15) is 57.9 Å². The molecule has 0 unspecified atom stereocenters. The molecule has 3 N–H and O–H groups in total. The predicted molar refractivity (Wildman–Crippen MR) is 118 cm³/mol. The lowest BCUT2D eigenvalue weighted by molar-refractivity contribution is -0.121. The van der Waals surface area contributed by atoms with E-state index >= 15 is 0 Å². The van der Waals surface area contributed by atoms with Gasteiger partial charge in [-0.25, -0.2) is 0 Å². The number of ether oxygens (including phenoxy) is 1. The van der Waals surface area contributed by atoms with Crippen molar-refractivity contribution in [1.82, 2.24) is 10.2 Å². The second-order valence-corrected chi connectivity index (χ2v) is 6.48. The van der Waals surface area contributed by atoms with E-state index in [0.29, 0.717) is 12.8 Å². The summed E-state index contributed by atoms with van der Waals surface area (Å²) in [4.78, 5) is 23.0. The van der Waals surface area contributed by atoms with Gasteiger partial charge in [0.25, 0.3) is 0 Å². The molecule has 0 aromatic heterocycles. The summed E-state index contributed by atoms with van der Waals surface area (Å²) in [5.74, 6) is 0.907. The molecule has 1 aromatic rings. The Bertz CT molecular complexity index is 478. The number of hydrogen-bond donors (Lipinski definition) is 2. The fraction of sp³-hybridized carbons (Fsp3) is 0.636. The predicted octanol–water partition coefficient (Wildman–Crippen LogP) is 3.52. The van der Waals surface area contributed by atoms with E-state index in [-0.39, 0.29) is 12.6 Å². The van der Waals surface area contributed by atoms with Crippen molar-refractivity contribution in [2.75, 3.05) is 33.9 Å². The van der Waals surface area contributed by atoms with E-state index in [1.165, 1.54) is 25.1 Å². The lowest BCUT2D eigenvalue weighted by atomic mass is 10.1. The van der Waals surface area contributed by atoms with E-state index in [1.54, 1.807) is 7.11 Å². The van der Waals surface area contributed by atoms with Gasteiger partial charge in [-0.1, -0.05) is 38.0 Å². The number of carbonyl (C=O) groups excluding carboxylic acids is 2. The van der Waals surface area contributed by atoms with Gasteiger partial charge < -0.3 is 25.5 Å². The molecule has 1 amide bonds. The van der Waals surface area contributed by atoms with Crippen molar-refractivity contribution >= 4 is 12.2 Å². The SMILES string of the molecule is CCCN(C)CC.COc1ccc(C)cc1.NCNC(=O)CCCCCC=O. The van der Waals surface area contributed by atoms with Gasteiger partial charge in [0.2, 0.25) is 5.91 Å². The van der Waals surface area contributed by atoms with Crippen LogP contribution < -0.4 is 15.8 Å². The molecule has 0 saturated carbocycles. The molecule has 0 heterocycles. The molecule has 1 rings (SSSR count). The van der Waals surface area contributed by atoms with Crippen LogP contribution in [0.5, 0.6) is 5.75 Å². The number of benzene rings is 1. The normalized spacial score (nSPS) is 9.54. The smallest absolute Gasteiger partial charge is 0.220 e. The number of carbonyl (C=O) groups is 2. The highest BCUT2D eigenvalue weighted by Gasteiger charge is 1.97. The van der Waals surface area contributed by atoms with Crippen molar-refractivity contribution in [2.24, 2.45) is 5.73 Å². The van der Waals surface area contributed by atoms with Crippen LogP contribution in [0.15, 0.2) is 24.3 Å². The molecule has 0 fully saturated rings. The van der Waals surface area contributed by atoms with Crippen LogP contribution in [-0.2, 0) is 9.59 Å². The Morgan fingerprint density at radius 1 is 1.18 bits per heavy atom. The number of nitrogens with zero attached hydrogens (tertiary/aromatic N) is 1. The summed E-state index contributed by atoms with van der Waals surface area (Å²) in [6, 6.07) is 7.96. The lowest BCUT2D eigenvalue weighted by Gasteiger charge is -2.10. The number of unbranched alkanes of at least 4 members (excludes halogenated alkanes) is 3. The Morgan fingerprint density at radius 3 is 2.25 bits per heavy atom. The molecule has 6 nitrogen and oxygen atoms in total. The fourth-order valence-electron chi connectivity index (χ4n) is 2.11. The molecule has 0 aliphatic rings. The maximum Gasteiger partial charge on any atom is 0.220 e. The summed E-state index contributed by atoms with van der Waals surface area (Å²) in [6.07, 6.45) is 5.91. The second-order valence-electron chi connectivity index (χ2n) is 6.48. The van der Waals surface area contributed by atoms with Crippen LogP contribution in [0.2, 0.25) is 0 Å². The maximum atomic E-state index is 10.8. The second kappa shape index (κ2) is 21.4. The zero-order chi connectivity index (χ0) is 21.6. The van der Waals surface area contributed by atoms with Gasteiger partial charge in [-0.05, 0) is 58.5 Å². The minimum Gasteiger partial charge on any atom is -0.497 e. The molecule has 0 aliphatic heterocycles. The molecule has 0 atom stereocenters. The molecule has 6 heteroatoms. The molecular weight excluding hydrogens is 354 g/mol. The van der Waals surface area contributed by atoms with Crippen LogP contribution in [0.4, 0.5) is 0 Å². The number of nitrogens with one attached hydrogen (secondary N) is 1. The minimum absolute atomic E-state index is 0.0106. The van der Waals surface area contributed by atoms with Crippen LogP contribution >= 0.6 is 0 Å². The number of nitrogens with two attached hydrogens (primary N) is 1. The highest BCUT2D eigenvalue weighted by atomic mass is 16.5. The fourth-order valence-corrected chi connectivity index (χ4v) is 2.11. The topological polar surface area (TPSA) is 84.7 Å². The van der Waals surface area contributed by atoms with E-state index < -0.39 is 0 Å². The van der Waals surface area contributed by atoms with Gasteiger partial charge in [0.15, 0.2) is 0 Å². The van der Waals surface area contributed by atoms with Crippen LogP contribution in [-0.4, -0.2) is 51.0 Å². The van der Waals surface area contributed by atoms with E-state index in [4.69, 9.17) is 10.5 Å². The number of methoxy groups -OCH3 is 1. The lowest BCUT2D eigenvalue weighted by Crippen LogP contribution is -2.28. The molecule has 1 aromatic carbocycles. The van der Waals surface area contributed by atoms with Crippen molar-refractivity contribution in [3.63, 3.8) is 0 Å². The summed E-state index contributed by atoms with van der Waals surface area (Å²) >= 11 is 0. The average Bonchev–Trinajstić information content (AvgIpc) is 2.70. The third-order valence-electron chi connectivity index (χ3n) is 3.93. The molecule has 162 valence electrons. The molecule has 0 radical (unpaired) electrons. The Kier molecular flexibility index (Phi) is 21.6. The van der Waals surface area contributed by atoms with Crippen molar-refractivity contribution in [1.29, 1.82) is 0 Å². The van der Waals surface area contributed by atoms with Gasteiger partial charge in [0, 0.05) is 12.8 Å². The molecule has 0 spiro atoms. The van der Waals surface area contributed by atoms with Crippen molar-refractivity contribution in [2.45, 2.75) is 59.3 Å². The van der Waals surface area contributed by atoms with Gasteiger partial charge in [0.1, 0.15) is 12.0 Å². The number of hydrogen-bond acceptors (Lipinski definition) is 5. The van der Waals surface area contributed by atoms with Gasteiger partial charge in [0.05, 0.1) is 13.8 Å². The number of aldehydes is 1. The third kappa shape index (κ3) is 20.4. The first kappa shape index (κ1) is 28.3. The zero-order valence-corrected chi connectivity index (χ0v) is 18.5. The first-order valence-electron chi connectivity index (χ1n) is 10.1. The minimum atomic E-state index is -0.0106. The highest BCUT2D eigenvalue weighted by molar-refractivity contribution is 5.75. The van der Waals surface area contributed by atoms with E-state index in [0.717, 1.165) is 31.3 Å². The van der Waals surface area contributed by atoms with Gasteiger partial charge in [-0.15, -0.1) is 0 Å². The Morgan fingerprint density at radius 2 is 1.82 bits per heavy atom. The van der Waals surface area contributed by atoms with Crippen LogP contribution in [0.3, 0.4) is 0 Å². The van der Waals surface area contributed by atoms with E-state index in [9.17, 15) is 9.59 Å². The van der Waals surface area contributed by atoms with Crippen molar-refractivity contribution < 1.29 is 14.3 Å². The van der Waals surface area contributed by atoms with Crippen LogP contribution in [0, 0.1) is 6.92 Å². The first-order valence-corrected chi connectivity index (χ1v) is 10.1. The summed E-state index contributed by atoms with van der Waals surface area (Å²) in [5.41, 5.74) is 6.36. The molecule has 28 heavy (non-hydrogen) atoms. The van der Waals surface area contributed by atoms with Gasteiger partial charge in [-0.2, -0.15) is 0 Å². The number of aryl methyl sites for hydroxylation is 1.